The molecule has 0 radical (unpaired) electrons. The lowest BCUT2D eigenvalue weighted by Crippen LogP contribution is -2.35. The number of ether oxygens (including phenoxy) is 1. The zero-order chi connectivity index (χ0) is 21.6. The fraction of sp³-hybridized carbons (Fsp3) is 0.333. The van der Waals surface area contributed by atoms with Gasteiger partial charge in [0.15, 0.2) is 0 Å². The second-order valence-electron chi connectivity index (χ2n) is 6.82. The maximum atomic E-state index is 12.5. The van der Waals surface area contributed by atoms with Gasteiger partial charge in [-0.25, -0.2) is 8.42 Å². The van der Waals surface area contributed by atoms with Crippen molar-refractivity contribution in [2.75, 3.05) is 25.0 Å². The molecule has 2 amide bonds. The number of para-hydroxylation sites is 2. The van der Waals surface area contributed by atoms with Gasteiger partial charge in [0.25, 0.3) is 0 Å². The molecular weight excluding hydrogens is 406 g/mol. The van der Waals surface area contributed by atoms with Gasteiger partial charge in [0, 0.05) is 19.6 Å². The molecule has 2 aromatic rings. The molecule has 9 heteroatoms. The highest BCUT2D eigenvalue weighted by Crippen LogP contribution is 2.23. The van der Waals surface area contributed by atoms with Gasteiger partial charge in [-0.2, -0.15) is 4.31 Å². The van der Waals surface area contributed by atoms with E-state index in [2.05, 4.69) is 10.6 Å². The van der Waals surface area contributed by atoms with Gasteiger partial charge < -0.3 is 15.4 Å². The van der Waals surface area contributed by atoms with E-state index >= 15 is 0 Å². The number of hydrogen-bond acceptors (Lipinski definition) is 5. The number of nitrogens with zero attached hydrogens (tertiary/aromatic N) is 1. The summed E-state index contributed by atoms with van der Waals surface area (Å²) >= 11 is 0. The molecule has 0 spiro atoms. The first kappa shape index (κ1) is 21.8. The van der Waals surface area contributed by atoms with Crippen LogP contribution in [-0.2, 0) is 26.2 Å². The van der Waals surface area contributed by atoms with Gasteiger partial charge in [-0.3, -0.25) is 9.59 Å². The number of sulfonamides is 1. The topological polar surface area (TPSA) is 105 Å². The number of anilines is 1. The van der Waals surface area contributed by atoms with Crippen molar-refractivity contribution in [3.63, 3.8) is 0 Å². The number of carbonyl (C=O) groups excluding carboxylic acids is 2. The summed E-state index contributed by atoms with van der Waals surface area (Å²) in [6, 6.07) is 13.2. The zero-order valence-corrected chi connectivity index (χ0v) is 17.6. The van der Waals surface area contributed by atoms with Gasteiger partial charge in [-0.05, 0) is 49.6 Å². The molecule has 0 bridgehead atoms. The summed E-state index contributed by atoms with van der Waals surface area (Å²) in [5.41, 5.74) is 1.10. The number of nitrogens with one attached hydrogen (secondary N) is 2. The van der Waals surface area contributed by atoms with Crippen molar-refractivity contribution in [3.8, 4) is 5.75 Å². The third-order valence-electron chi connectivity index (χ3n) is 4.72. The summed E-state index contributed by atoms with van der Waals surface area (Å²) in [6.07, 6.45) is 1.75. The van der Waals surface area contributed by atoms with E-state index in [-0.39, 0.29) is 11.4 Å². The van der Waals surface area contributed by atoms with Crippen LogP contribution in [0.5, 0.6) is 5.75 Å². The molecule has 2 N–H and O–H groups in total. The standard InChI is InChI=1S/C21H25N3O5S/c1-2-29-19-8-4-3-7-18(19)23-21(26)20(25)22-15-16-9-11-17(12-10-16)30(27,28)24-13-5-6-14-24/h3-4,7-12H,2,5-6,13-15H2,1H3,(H,22,25)(H,23,26). The molecule has 3 rings (SSSR count). The summed E-state index contributed by atoms with van der Waals surface area (Å²) in [4.78, 5) is 24.5. The SMILES string of the molecule is CCOc1ccccc1NC(=O)C(=O)NCc1ccc(S(=O)(=O)N2CCCC2)cc1. The molecule has 160 valence electrons. The van der Waals surface area contributed by atoms with Crippen molar-refractivity contribution in [1.82, 2.24) is 9.62 Å². The Labute approximate surface area is 176 Å². The van der Waals surface area contributed by atoms with Crippen molar-refractivity contribution in [3.05, 3.63) is 54.1 Å². The molecule has 1 saturated heterocycles. The second kappa shape index (κ2) is 9.73. The van der Waals surface area contributed by atoms with Crippen LogP contribution in [0.1, 0.15) is 25.3 Å². The predicted molar refractivity (Wildman–Crippen MR) is 113 cm³/mol. The lowest BCUT2D eigenvalue weighted by Gasteiger charge is -2.15. The lowest BCUT2D eigenvalue weighted by molar-refractivity contribution is -0.136. The molecule has 30 heavy (non-hydrogen) atoms. The molecule has 0 atom stereocenters. The Kier molecular flexibility index (Phi) is 7.07. The van der Waals surface area contributed by atoms with Crippen molar-refractivity contribution in [2.24, 2.45) is 0 Å². The van der Waals surface area contributed by atoms with E-state index in [1.54, 1.807) is 36.4 Å². The minimum Gasteiger partial charge on any atom is -0.492 e. The van der Waals surface area contributed by atoms with Crippen LogP contribution in [-0.4, -0.2) is 44.2 Å². The number of benzene rings is 2. The number of hydrogen-bond donors (Lipinski definition) is 2. The third-order valence-corrected chi connectivity index (χ3v) is 6.63. The maximum absolute atomic E-state index is 12.5. The normalized spacial score (nSPS) is 14.3. The maximum Gasteiger partial charge on any atom is 0.313 e. The number of carbonyl (C=O) groups is 2. The van der Waals surface area contributed by atoms with Gasteiger partial charge in [-0.1, -0.05) is 24.3 Å². The minimum atomic E-state index is -3.47. The molecule has 1 aliphatic heterocycles. The van der Waals surface area contributed by atoms with E-state index in [1.807, 2.05) is 6.92 Å². The van der Waals surface area contributed by atoms with E-state index in [0.717, 1.165) is 12.8 Å². The average molecular weight is 432 g/mol. The fourth-order valence-electron chi connectivity index (χ4n) is 3.15. The van der Waals surface area contributed by atoms with E-state index in [0.29, 0.717) is 36.7 Å². The third kappa shape index (κ3) is 5.17. The van der Waals surface area contributed by atoms with Crippen molar-refractivity contribution in [2.45, 2.75) is 31.2 Å². The first-order valence-electron chi connectivity index (χ1n) is 9.82. The smallest absolute Gasteiger partial charge is 0.313 e. The number of amides is 2. The van der Waals surface area contributed by atoms with Crippen LogP contribution in [0, 0.1) is 0 Å². The van der Waals surface area contributed by atoms with Crippen LogP contribution in [0.4, 0.5) is 5.69 Å². The van der Waals surface area contributed by atoms with Crippen LogP contribution in [0.15, 0.2) is 53.4 Å². The van der Waals surface area contributed by atoms with E-state index in [4.69, 9.17) is 4.74 Å². The summed E-state index contributed by atoms with van der Waals surface area (Å²) in [7, 11) is -3.47. The molecule has 0 aliphatic carbocycles. The second-order valence-corrected chi connectivity index (χ2v) is 8.76. The van der Waals surface area contributed by atoms with Crippen LogP contribution >= 0.6 is 0 Å². The molecular formula is C21H25N3O5S. The lowest BCUT2D eigenvalue weighted by atomic mass is 10.2. The van der Waals surface area contributed by atoms with Gasteiger partial charge in [0.2, 0.25) is 10.0 Å². The van der Waals surface area contributed by atoms with Crippen molar-refractivity contribution < 1.29 is 22.7 Å². The Morgan fingerprint density at radius 2 is 1.67 bits per heavy atom. The fourth-order valence-corrected chi connectivity index (χ4v) is 4.67. The summed E-state index contributed by atoms with van der Waals surface area (Å²) in [5, 5.41) is 5.06. The Hall–Kier alpha value is -2.91. The number of rotatable bonds is 7. The van der Waals surface area contributed by atoms with Crippen molar-refractivity contribution >= 4 is 27.5 Å². The van der Waals surface area contributed by atoms with Crippen molar-refractivity contribution in [1.29, 1.82) is 0 Å². The highest BCUT2D eigenvalue weighted by molar-refractivity contribution is 7.89. The molecule has 8 nitrogen and oxygen atoms in total. The van der Waals surface area contributed by atoms with Gasteiger partial charge in [-0.15, -0.1) is 0 Å². The zero-order valence-electron chi connectivity index (χ0n) is 16.8. The molecule has 0 unspecified atom stereocenters. The highest BCUT2D eigenvalue weighted by Gasteiger charge is 2.26. The molecule has 1 fully saturated rings. The van der Waals surface area contributed by atoms with Crippen LogP contribution in [0.3, 0.4) is 0 Å². The molecule has 0 saturated carbocycles. The quantitative estimate of drug-likeness (QED) is 0.654. The Bertz CT molecular complexity index is 1000. The Balaban J connectivity index is 1.56. The van der Waals surface area contributed by atoms with Crippen LogP contribution < -0.4 is 15.4 Å². The van der Waals surface area contributed by atoms with Crippen LogP contribution in [0.2, 0.25) is 0 Å². The largest absolute Gasteiger partial charge is 0.492 e. The monoisotopic (exact) mass is 431 g/mol. The highest BCUT2D eigenvalue weighted by atomic mass is 32.2. The molecule has 0 aromatic heterocycles. The van der Waals surface area contributed by atoms with Gasteiger partial charge in [0.1, 0.15) is 5.75 Å². The van der Waals surface area contributed by atoms with Gasteiger partial charge >= 0.3 is 11.8 Å². The molecule has 1 aliphatic rings. The Morgan fingerprint density at radius 3 is 2.33 bits per heavy atom. The minimum absolute atomic E-state index is 0.101. The average Bonchev–Trinajstić information content (AvgIpc) is 3.30. The predicted octanol–water partition coefficient (Wildman–Crippen LogP) is 2.12. The summed E-state index contributed by atoms with van der Waals surface area (Å²) < 4.78 is 32.0. The molecule has 1 heterocycles. The first-order valence-corrected chi connectivity index (χ1v) is 11.3. The first-order chi connectivity index (χ1) is 14.4. The van der Waals surface area contributed by atoms with Gasteiger partial charge in [0.05, 0.1) is 17.2 Å². The molecule has 2 aromatic carbocycles. The van der Waals surface area contributed by atoms with Crippen LogP contribution in [0.25, 0.3) is 0 Å². The Morgan fingerprint density at radius 1 is 1.00 bits per heavy atom. The summed E-state index contributed by atoms with van der Waals surface area (Å²) in [6.45, 7) is 3.45. The van der Waals surface area contributed by atoms with E-state index in [9.17, 15) is 18.0 Å². The van der Waals surface area contributed by atoms with E-state index < -0.39 is 21.8 Å². The van der Waals surface area contributed by atoms with E-state index in [1.165, 1.54) is 16.4 Å². The summed E-state index contributed by atoms with van der Waals surface area (Å²) in [5.74, 6) is -1.12.